The quantitative estimate of drug-likeness (QED) is 0.743. The fourth-order valence-electron chi connectivity index (χ4n) is 0.836. The van der Waals surface area contributed by atoms with Crippen LogP contribution in [-0.4, -0.2) is 12.1 Å². The molecule has 2 nitrogen and oxygen atoms in total. The summed E-state index contributed by atoms with van der Waals surface area (Å²) in [6.45, 7) is 1.60. The van der Waals surface area contributed by atoms with E-state index in [9.17, 15) is 18.0 Å². The van der Waals surface area contributed by atoms with E-state index >= 15 is 0 Å². The normalized spacial score (nSPS) is 11.1. The van der Waals surface area contributed by atoms with Gasteiger partial charge in [-0.1, -0.05) is 12.1 Å². The summed E-state index contributed by atoms with van der Waals surface area (Å²) in [5.74, 6) is -1.97. The summed E-state index contributed by atoms with van der Waals surface area (Å²) in [6.07, 6.45) is -4.86. The molecule has 0 saturated heterocycles. The SMILES string of the molecule is Cc1cc[c]cc1NC(=O)C(F)(F)F. The molecule has 1 amide bonds. The first-order valence-electron chi connectivity index (χ1n) is 3.76. The van der Waals surface area contributed by atoms with Crippen molar-refractivity contribution in [2.45, 2.75) is 13.1 Å². The summed E-state index contributed by atoms with van der Waals surface area (Å²) in [5.41, 5.74) is 0.677. The number of aryl methyl sites for hydroxylation is 1. The second-order valence-electron chi connectivity index (χ2n) is 2.69. The van der Waals surface area contributed by atoms with E-state index in [1.807, 2.05) is 0 Å². The van der Waals surface area contributed by atoms with E-state index < -0.39 is 12.1 Å². The highest BCUT2D eigenvalue weighted by atomic mass is 19.4. The highest BCUT2D eigenvalue weighted by Crippen LogP contribution is 2.19. The van der Waals surface area contributed by atoms with Crippen molar-refractivity contribution in [2.75, 3.05) is 5.32 Å². The van der Waals surface area contributed by atoms with E-state index in [0.29, 0.717) is 5.56 Å². The lowest BCUT2D eigenvalue weighted by Gasteiger charge is -2.09. The Hall–Kier alpha value is -1.52. The van der Waals surface area contributed by atoms with Crippen LogP contribution < -0.4 is 5.32 Å². The maximum Gasteiger partial charge on any atom is 0.471 e. The average molecular weight is 202 g/mol. The van der Waals surface area contributed by atoms with Gasteiger partial charge in [0, 0.05) is 5.69 Å². The fourth-order valence-corrected chi connectivity index (χ4v) is 0.836. The second-order valence-corrected chi connectivity index (χ2v) is 2.69. The monoisotopic (exact) mass is 202 g/mol. The number of hydrogen-bond donors (Lipinski definition) is 1. The van der Waals surface area contributed by atoms with E-state index in [1.54, 1.807) is 24.4 Å². The van der Waals surface area contributed by atoms with Crippen molar-refractivity contribution in [1.82, 2.24) is 0 Å². The Kier molecular flexibility index (Phi) is 2.78. The minimum atomic E-state index is -4.86. The van der Waals surface area contributed by atoms with Crippen molar-refractivity contribution in [1.29, 1.82) is 0 Å². The molecule has 1 radical (unpaired) electrons. The van der Waals surface area contributed by atoms with Crippen LogP contribution in [-0.2, 0) is 4.79 Å². The molecule has 0 heterocycles. The number of amides is 1. The first kappa shape index (κ1) is 10.6. The lowest BCUT2D eigenvalue weighted by atomic mass is 10.2. The Balaban J connectivity index is 2.80. The van der Waals surface area contributed by atoms with Crippen LogP contribution >= 0.6 is 0 Å². The smallest absolute Gasteiger partial charge is 0.318 e. The summed E-state index contributed by atoms with van der Waals surface area (Å²) >= 11 is 0. The highest BCUT2D eigenvalue weighted by molar-refractivity contribution is 5.95. The van der Waals surface area contributed by atoms with Gasteiger partial charge in [0.2, 0.25) is 0 Å². The number of carbonyl (C=O) groups excluding carboxylic acids is 1. The minimum absolute atomic E-state index is 0.120. The van der Waals surface area contributed by atoms with E-state index in [1.165, 1.54) is 6.07 Å². The van der Waals surface area contributed by atoms with Gasteiger partial charge in [0.05, 0.1) is 0 Å². The molecule has 1 rings (SSSR count). The van der Waals surface area contributed by atoms with Crippen molar-refractivity contribution < 1.29 is 18.0 Å². The number of rotatable bonds is 1. The molecule has 0 fully saturated rings. The third kappa shape index (κ3) is 2.48. The van der Waals surface area contributed by atoms with Gasteiger partial charge in [-0.3, -0.25) is 4.79 Å². The average Bonchev–Trinajstić information content (AvgIpc) is 2.07. The van der Waals surface area contributed by atoms with Gasteiger partial charge in [-0.05, 0) is 24.6 Å². The van der Waals surface area contributed by atoms with Crippen LogP contribution in [0.2, 0.25) is 0 Å². The molecule has 0 unspecified atom stereocenters. The molecule has 1 aromatic carbocycles. The number of nitrogens with one attached hydrogen (secondary N) is 1. The van der Waals surface area contributed by atoms with Crippen LogP contribution in [0.15, 0.2) is 18.2 Å². The number of carbonyl (C=O) groups is 1. The lowest BCUT2D eigenvalue weighted by Crippen LogP contribution is -2.30. The fraction of sp³-hybridized carbons (Fsp3) is 0.222. The first-order valence-corrected chi connectivity index (χ1v) is 3.76. The summed E-state index contributed by atoms with van der Waals surface area (Å²) in [5, 5.41) is 1.75. The molecule has 0 atom stereocenters. The Bertz CT molecular complexity index is 346. The molecule has 0 aromatic heterocycles. The predicted octanol–water partition coefficient (Wildman–Crippen LogP) is 2.30. The standard InChI is InChI=1S/C9H7F3NO/c1-6-4-2-3-5-7(6)13-8(14)9(10,11)12/h2,4-5H,1H3,(H,13,14). The number of benzene rings is 1. The highest BCUT2D eigenvalue weighted by Gasteiger charge is 2.38. The predicted molar refractivity (Wildman–Crippen MR) is 44.7 cm³/mol. The van der Waals surface area contributed by atoms with Crippen LogP contribution in [0.1, 0.15) is 5.56 Å². The van der Waals surface area contributed by atoms with Gasteiger partial charge < -0.3 is 5.32 Å². The molecular weight excluding hydrogens is 195 g/mol. The molecule has 0 bridgehead atoms. The zero-order chi connectivity index (χ0) is 10.8. The molecule has 0 saturated carbocycles. The molecule has 14 heavy (non-hydrogen) atoms. The number of anilines is 1. The van der Waals surface area contributed by atoms with Crippen LogP contribution in [0.4, 0.5) is 18.9 Å². The van der Waals surface area contributed by atoms with Crippen molar-refractivity contribution in [3.8, 4) is 0 Å². The van der Waals surface area contributed by atoms with E-state index in [2.05, 4.69) is 6.07 Å². The molecule has 1 N–H and O–H groups in total. The third-order valence-electron chi connectivity index (χ3n) is 1.59. The Morgan fingerprint density at radius 2 is 2.14 bits per heavy atom. The Morgan fingerprint density at radius 1 is 1.50 bits per heavy atom. The summed E-state index contributed by atoms with van der Waals surface area (Å²) in [6, 6.07) is 6.98. The van der Waals surface area contributed by atoms with Crippen LogP contribution in [0.3, 0.4) is 0 Å². The van der Waals surface area contributed by atoms with Crippen LogP contribution in [0.5, 0.6) is 0 Å². The van der Waals surface area contributed by atoms with Gasteiger partial charge in [-0.15, -0.1) is 0 Å². The topological polar surface area (TPSA) is 29.1 Å². The molecule has 0 aliphatic rings. The van der Waals surface area contributed by atoms with Crippen molar-refractivity contribution in [3.05, 3.63) is 29.8 Å². The molecule has 0 aliphatic heterocycles. The van der Waals surface area contributed by atoms with E-state index in [4.69, 9.17) is 0 Å². The molecular formula is C9H7F3NO. The molecule has 5 heteroatoms. The molecule has 75 valence electrons. The number of hydrogen-bond acceptors (Lipinski definition) is 1. The van der Waals surface area contributed by atoms with Gasteiger partial charge in [0.1, 0.15) is 0 Å². The van der Waals surface area contributed by atoms with E-state index in [-0.39, 0.29) is 5.69 Å². The summed E-state index contributed by atoms with van der Waals surface area (Å²) in [7, 11) is 0. The van der Waals surface area contributed by atoms with Crippen molar-refractivity contribution >= 4 is 11.6 Å². The summed E-state index contributed by atoms with van der Waals surface area (Å²) < 4.78 is 35.5. The van der Waals surface area contributed by atoms with Gasteiger partial charge in [-0.2, -0.15) is 13.2 Å². The van der Waals surface area contributed by atoms with Gasteiger partial charge in [0.15, 0.2) is 0 Å². The zero-order valence-corrected chi connectivity index (χ0v) is 7.27. The molecule has 1 aromatic rings. The van der Waals surface area contributed by atoms with Crippen LogP contribution in [0.25, 0.3) is 0 Å². The maximum absolute atomic E-state index is 11.8. The first-order chi connectivity index (χ1) is 6.41. The van der Waals surface area contributed by atoms with Gasteiger partial charge in [0.25, 0.3) is 0 Å². The van der Waals surface area contributed by atoms with Crippen LogP contribution in [0, 0.1) is 13.0 Å². The third-order valence-corrected chi connectivity index (χ3v) is 1.59. The second kappa shape index (κ2) is 3.69. The Morgan fingerprint density at radius 3 is 2.64 bits per heavy atom. The lowest BCUT2D eigenvalue weighted by molar-refractivity contribution is -0.167. The van der Waals surface area contributed by atoms with E-state index in [0.717, 1.165) is 0 Å². The van der Waals surface area contributed by atoms with Gasteiger partial charge in [-0.25, -0.2) is 0 Å². The molecule has 0 aliphatic carbocycles. The molecule has 0 spiro atoms. The maximum atomic E-state index is 11.8. The van der Waals surface area contributed by atoms with Crippen molar-refractivity contribution in [3.63, 3.8) is 0 Å². The van der Waals surface area contributed by atoms with Crippen molar-refractivity contribution in [2.24, 2.45) is 0 Å². The largest absolute Gasteiger partial charge is 0.471 e. The van der Waals surface area contributed by atoms with Gasteiger partial charge >= 0.3 is 12.1 Å². The number of halogens is 3. The number of alkyl halides is 3. The zero-order valence-electron chi connectivity index (χ0n) is 7.27. The summed E-state index contributed by atoms with van der Waals surface area (Å²) in [4.78, 5) is 10.5. The minimum Gasteiger partial charge on any atom is -0.318 e. The Labute approximate surface area is 78.7 Å².